The molecule has 0 aliphatic carbocycles. The maximum Gasteiger partial charge on any atom is 0.419 e. The van der Waals surface area contributed by atoms with Gasteiger partial charge in [-0.15, -0.1) is 0 Å². The van der Waals surface area contributed by atoms with Crippen molar-refractivity contribution in [2.75, 3.05) is 13.6 Å². The van der Waals surface area contributed by atoms with Crippen LogP contribution in [-0.2, 0) is 18.4 Å². The fraction of sp³-hybridized carbons (Fsp3) is 0.294. The van der Waals surface area contributed by atoms with Gasteiger partial charge < -0.3 is 15.2 Å². The first-order chi connectivity index (χ1) is 10.9. The average molecular weight is 323 g/mol. The fourth-order valence-corrected chi connectivity index (χ4v) is 3.03. The van der Waals surface area contributed by atoms with Gasteiger partial charge in [-0.25, -0.2) is 0 Å². The van der Waals surface area contributed by atoms with Gasteiger partial charge in [-0.2, -0.15) is 13.2 Å². The number of halogens is 3. The van der Waals surface area contributed by atoms with E-state index in [-0.39, 0.29) is 24.5 Å². The lowest BCUT2D eigenvalue weighted by Crippen LogP contribution is -2.38. The summed E-state index contributed by atoms with van der Waals surface area (Å²) in [4.78, 5) is 0. The molecule has 1 unspecified atom stereocenters. The van der Waals surface area contributed by atoms with Crippen LogP contribution < -0.4 is 10.1 Å². The van der Waals surface area contributed by atoms with Gasteiger partial charge in [0.2, 0.25) is 0 Å². The Bertz CT molecular complexity index is 730. The number of benzene rings is 2. The molecule has 1 heterocycles. The molecule has 0 aromatic heterocycles. The lowest BCUT2D eigenvalue weighted by atomic mass is 9.83. The molecule has 2 aromatic carbocycles. The van der Waals surface area contributed by atoms with E-state index in [1.807, 2.05) is 0 Å². The molecule has 1 aliphatic heterocycles. The molecule has 2 N–H and O–H groups in total. The van der Waals surface area contributed by atoms with Gasteiger partial charge in [-0.1, -0.05) is 36.4 Å². The van der Waals surface area contributed by atoms with Crippen molar-refractivity contribution in [2.45, 2.75) is 18.4 Å². The molecule has 0 saturated heterocycles. The van der Waals surface area contributed by atoms with Gasteiger partial charge in [-0.05, 0) is 24.2 Å². The lowest BCUT2D eigenvalue weighted by Gasteiger charge is -2.30. The van der Waals surface area contributed by atoms with E-state index in [1.54, 1.807) is 31.3 Å². The van der Waals surface area contributed by atoms with Gasteiger partial charge in [0, 0.05) is 12.1 Å². The number of rotatable bonds is 2. The summed E-state index contributed by atoms with van der Waals surface area (Å²) in [5.41, 5.74) is -1.15. The summed E-state index contributed by atoms with van der Waals surface area (Å²) in [6.07, 6.45) is -4.55. The molecule has 0 radical (unpaired) electrons. The highest BCUT2D eigenvalue weighted by atomic mass is 19.4. The molecule has 0 bridgehead atoms. The summed E-state index contributed by atoms with van der Waals surface area (Å²) in [5, 5.41) is 14.1. The van der Waals surface area contributed by atoms with Crippen molar-refractivity contribution < 1.29 is 23.0 Å². The van der Waals surface area contributed by atoms with Crippen LogP contribution in [0, 0.1) is 0 Å². The highest BCUT2D eigenvalue weighted by Crippen LogP contribution is 2.46. The smallest absolute Gasteiger partial charge is 0.419 e. The van der Waals surface area contributed by atoms with Gasteiger partial charge in [0.15, 0.2) is 0 Å². The molecule has 0 fully saturated rings. The van der Waals surface area contributed by atoms with Crippen LogP contribution in [0.25, 0.3) is 0 Å². The predicted molar refractivity (Wildman–Crippen MR) is 79.1 cm³/mol. The number of fused-ring (bicyclic) bond motifs is 2. The van der Waals surface area contributed by atoms with Crippen LogP contribution in [0.2, 0.25) is 0 Å². The topological polar surface area (TPSA) is 41.5 Å². The Labute approximate surface area is 131 Å². The van der Waals surface area contributed by atoms with E-state index in [0.717, 1.165) is 6.07 Å². The summed E-state index contributed by atoms with van der Waals surface area (Å²) in [7, 11) is 1.64. The number of ether oxygens (including phenoxy) is 1. The molecular weight excluding hydrogens is 307 g/mol. The van der Waals surface area contributed by atoms with Crippen molar-refractivity contribution in [3.8, 4) is 5.75 Å². The number of likely N-dealkylation sites (N-methyl/N-ethyl adjacent to an activating group) is 1. The zero-order valence-corrected chi connectivity index (χ0v) is 12.4. The molecule has 0 saturated carbocycles. The highest BCUT2D eigenvalue weighted by molar-refractivity contribution is 5.53. The van der Waals surface area contributed by atoms with Crippen LogP contribution in [0.1, 0.15) is 22.3 Å². The Morgan fingerprint density at radius 2 is 1.83 bits per heavy atom. The summed E-state index contributed by atoms with van der Waals surface area (Å²) >= 11 is 0. The third-order valence-corrected chi connectivity index (χ3v) is 4.03. The number of hydrogen-bond donors (Lipinski definition) is 2. The van der Waals surface area contributed by atoms with Crippen molar-refractivity contribution >= 4 is 0 Å². The predicted octanol–water partition coefficient (Wildman–Crippen LogP) is 3.05. The van der Waals surface area contributed by atoms with Gasteiger partial charge in [0.1, 0.15) is 18.0 Å². The van der Waals surface area contributed by atoms with E-state index in [9.17, 15) is 18.3 Å². The standard InChI is InChI=1S/C17H16F3NO2/c1-21-10-16(22)12-6-3-2-5-11(12)9-23-15-13(16)7-4-8-14(15)17(18,19)20/h2-8,21-22H,9-10H2,1H3. The second-order valence-corrected chi connectivity index (χ2v) is 5.52. The molecule has 3 rings (SSSR count). The lowest BCUT2D eigenvalue weighted by molar-refractivity contribution is -0.139. The first-order valence-corrected chi connectivity index (χ1v) is 7.17. The molecule has 23 heavy (non-hydrogen) atoms. The van der Waals surface area contributed by atoms with Crippen LogP contribution >= 0.6 is 0 Å². The van der Waals surface area contributed by atoms with E-state index in [0.29, 0.717) is 11.1 Å². The monoisotopic (exact) mass is 323 g/mol. The minimum atomic E-state index is -4.55. The molecule has 0 amide bonds. The van der Waals surface area contributed by atoms with Crippen molar-refractivity contribution in [2.24, 2.45) is 0 Å². The summed E-state index contributed by atoms with van der Waals surface area (Å²) < 4.78 is 45.4. The maximum atomic E-state index is 13.3. The van der Waals surface area contributed by atoms with Crippen LogP contribution in [-0.4, -0.2) is 18.7 Å². The molecular formula is C17H16F3NO2. The van der Waals surface area contributed by atoms with Crippen molar-refractivity contribution in [3.05, 3.63) is 64.7 Å². The quantitative estimate of drug-likeness (QED) is 0.892. The molecule has 2 aromatic rings. The van der Waals surface area contributed by atoms with Crippen LogP contribution in [0.15, 0.2) is 42.5 Å². The SMILES string of the molecule is CNCC1(O)c2ccccc2COc2c(C(F)(F)F)cccc21. The number of hydrogen-bond acceptors (Lipinski definition) is 3. The first-order valence-electron chi connectivity index (χ1n) is 7.17. The van der Waals surface area contributed by atoms with E-state index in [2.05, 4.69) is 5.32 Å². The summed E-state index contributed by atoms with van der Waals surface area (Å²) in [5.74, 6) is -0.311. The Morgan fingerprint density at radius 3 is 2.52 bits per heavy atom. The zero-order chi connectivity index (χ0) is 16.7. The molecule has 0 spiro atoms. The van der Waals surface area contributed by atoms with E-state index >= 15 is 0 Å². The Morgan fingerprint density at radius 1 is 1.13 bits per heavy atom. The van der Waals surface area contributed by atoms with E-state index in [1.165, 1.54) is 12.1 Å². The van der Waals surface area contributed by atoms with Gasteiger partial charge in [-0.3, -0.25) is 0 Å². The summed E-state index contributed by atoms with van der Waals surface area (Å²) in [6, 6.07) is 10.7. The second kappa shape index (κ2) is 5.54. The maximum absolute atomic E-state index is 13.3. The highest BCUT2D eigenvalue weighted by Gasteiger charge is 2.43. The van der Waals surface area contributed by atoms with Gasteiger partial charge in [0.05, 0.1) is 5.56 Å². The van der Waals surface area contributed by atoms with E-state index in [4.69, 9.17) is 4.74 Å². The zero-order valence-electron chi connectivity index (χ0n) is 12.4. The van der Waals surface area contributed by atoms with Crippen molar-refractivity contribution in [1.82, 2.24) is 5.32 Å². The minimum Gasteiger partial charge on any atom is -0.488 e. The first kappa shape index (κ1) is 15.8. The Balaban J connectivity index is 2.29. The molecule has 1 aliphatic rings. The van der Waals surface area contributed by atoms with Crippen molar-refractivity contribution in [3.63, 3.8) is 0 Å². The second-order valence-electron chi connectivity index (χ2n) is 5.52. The molecule has 122 valence electrons. The molecule has 1 atom stereocenters. The molecule has 3 nitrogen and oxygen atoms in total. The molecule has 6 heteroatoms. The third-order valence-electron chi connectivity index (χ3n) is 4.03. The summed E-state index contributed by atoms with van der Waals surface area (Å²) in [6.45, 7) is 0.0456. The van der Waals surface area contributed by atoms with Crippen LogP contribution in [0.5, 0.6) is 5.75 Å². The normalized spacial score (nSPS) is 20.2. The third kappa shape index (κ3) is 2.58. The number of alkyl halides is 3. The van der Waals surface area contributed by atoms with Gasteiger partial charge in [0.25, 0.3) is 0 Å². The van der Waals surface area contributed by atoms with Crippen molar-refractivity contribution in [1.29, 1.82) is 0 Å². The Kier molecular flexibility index (Phi) is 3.82. The average Bonchev–Trinajstić information content (AvgIpc) is 2.63. The fourth-order valence-electron chi connectivity index (χ4n) is 3.03. The Hall–Kier alpha value is -2.05. The largest absolute Gasteiger partial charge is 0.488 e. The minimum absolute atomic E-state index is 0.0255. The van der Waals surface area contributed by atoms with Crippen LogP contribution in [0.3, 0.4) is 0 Å². The van der Waals surface area contributed by atoms with E-state index < -0.39 is 17.3 Å². The van der Waals surface area contributed by atoms with Gasteiger partial charge >= 0.3 is 6.18 Å². The van der Waals surface area contributed by atoms with Crippen LogP contribution in [0.4, 0.5) is 13.2 Å². The number of para-hydroxylation sites is 1. The number of aliphatic hydroxyl groups is 1. The number of nitrogens with one attached hydrogen (secondary N) is 1.